The Morgan fingerprint density at radius 2 is 1.73 bits per heavy atom. The number of benzene rings is 1. The summed E-state index contributed by atoms with van der Waals surface area (Å²) in [6, 6.07) is 6.65. The molecular formula is C20H26BrN5O3S. The summed E-state index contributed by atoms with van der Waals surface area (Å²) in [6.45, 7) is 3.41. The molecule has 0 radical (unpaired) electrons. The third kappa shape index (κ3) is 4.05. The van der Waals surface area contributed by atoms with Crippen LogP contribution in [0.2, 0.25) is 0 Å². The van der Waals surface area contributed by atoms with E-state index < -0.39 is 15.6 Å². The van der Waals surface area contributed by atoms with Gasteiger partial charge in [-0.25, -0.2) is 8.42 Å². The van der Waals surface area contributed by atoms with Gasteiger partial charge in [-0.15, -0.1) is 0 Å². The Balaban J connectivity index is 1.47. The fourth-order valence-electron chi connectivity index (χ4n) is 4.31. The van der Waals surface area contributed by atoms with Crippen molar-refractivity contribution in [2.75, 3.05) is 45.9 Å². The van der Waals surface area contributed by atoms with Crippen LogP contribution >= 0.6 is 15.9 Å². The molecule has 30 heavy (non-hydrogen) atoms. The average Bonchev–Trinajstić information content (AvgIpc) is 2.80. The van der Waals surface area contributed by atoms with Gasteiger partial charge in [0, 0.05) is 43.1 Å². The minimum absolute atomic E-state index is 0.0754. The second-order valence-electron chi connectivity index (χ2n) is 7.72. The number of rotatable bonds is 4. The Morgan fingerprint density at radius 1 is 1.07 bits per heavy atom. The van der Waals surface area contributed by atoms with Gasteiger partial charge in [0.1, 0.15) is 12.2 Å². The van der Waals surface area contributed by atoms with E-state index in [0.29, 0.717) is 45.7 Å². The van der Waals surface area contributed by atoms with Crippen LogP contribution in [0, 0.1) is 0 Å². The Bertz CT molecular complexity index is 934. The summed E-state index contributed by atoms with van der Waals surface area (Å²) in [5.41, 5.74) is -0.619. The Hall–Kier alpha value is -1.75. The first-order valence-electron chi connectivity index (χ1n) is 10.1. The molecule has 1 aromatic carbocycles. The quantitative estimate of drug-likeness (QED) is 0.679. The first-order chi connectivity index (χ1) is 14.4. The number of carbonyl (C=O) groups excluding carboxylic acids is 1. The molecule has 2 fully saturated rings. The van der Waals surface area contributed by atoms with Gasteiger partial charge in [0.05, 0.1) is 4.90 Å². The number of allylic oxidation sites excluding steroid dienone is 1. The van der Waals surface area contributed by atoms with Crippen LogP contribution in [0.15, 0.2) is 50.9 Å². The Morgan fingerprint density at radius 3 is 2.33 bits per heavy atom. The summed E-state index contributed by atoms with van der Waals surface area (Å²) in [5, 5.41) is 3.33. The van der Waals surface area contributed by atoms with Gasteiger partial charge in [0.15, 0.2) is 0 Å². The minimum atomic E-state index is -3.56. The van der Waals surface area contributed by atoms with Gasteiger partial charge in [-0.2, -0.15) is 4.31 Å². The third-order valence-electron chi connectivity index (χ3n) is 6.05. The average molecular weight is 496 g/mol. The molecule has 1 aromatic rings. The number of sulfonamides is 1. The first-order valence-corrected chi connectivity index (χ1v) is 12.4. The smallest absolute Gasteiger partial charge is 0.248 e. The summed E-state index contributed by atoms with van der Waals surface area (Å²) in [6.07, 6.45) is 6.99. The van der Waals surface area contributed by atoms with Crippen molar-refractivity contribution in [2.45, 2.75) is 23.3 Å². The minimum Gasteiger partial charge on any atom is -0.344 e. The van der Waals surface area contributed by atoms with Crippen molar-refractivity contribution < 1.29 is 13.2 Å². The molecule has 1 amide bonds. The van der Waals surface area contributed by atoms with Gasteiger partial charge in [0.2, 0.25) is 15.9 Å². The van der Waals surface area contributed by atoms with Crippen LogP contribution in [-0.4, -0.2) is 86.1 Å². The SMILES string of the molecule is O=C(N1CCN(S(=O)(=O)c2ccc(Br)cc2)CC1)C1(N2C=CC=NC2)CCNCC1. The van der Waals surface area contributed by atoms with Gasteiger partial charge in [-0.1, -0.05) is 15.9 Å². The zero-order valence-electron chi connectivity index (χ0n) is 16.7. The topological polar surface area (TPSA) is 85.3 Å². The molecule has 1 N–H and O–H groups in total. The van der Waals surface area contributed by atoms with Crippen LogP contribution in [0.4, 0.5) is 0 Å². The highest BCUT2D eigenvalue weighted by Crippen LogP contribution is 2.31. The van der Waals surface area contributed by atoms with Crippen LogP contribution in [0.1, 0.15) is 12.8 Å². The third-order valence-corrected chi connectivity index (χ3v) is 8.49. The molecule has 162 valence electrons. The highest BCUT2D eigenvalue weighted by atomic mass is 79.9. The lowest BCUT2D eigenvalue weighted by Crippen LogP contribution is -2.64. The molecule has 0 aliphatic carbocycles. The molecular weight excluding hydrogens is 470 g/mol. The lowest BCUT2D eigenvalue weighted by molar-refractivity contribution is -0.146. The summed E-state index contributed by atoms with van der Waals surface area (Å²) in [4.78, 5) is 22.1. The number of hydrogen-bond donors (Lipinski definition) is 1. The van der Waals surface area contributed by atoms with Gasteiger partial charge < -0.3 is 15.1 Å². The van der Waals surface area contributed by atoms with E-state index in [1.165, 1.54) is 4.31 Å². The molecule has 10 heteroatoms. The van der Waals surface area contributed by atoms with Crippen LogP contribution < -0.4 is 5.32 Å². The largest absolute Gasteiger partial charge is 0.344 e. The van der Waals surface area contributed by atoms with Crippen LogP contribution in [0.5, 0.6) is 0 Å². The summed E-state index contributed by atoms with van der Waals surface area (Å²) in [5.74, 6) is 0.0754. The zero-order chi connectivity index (χ0) is 21.2. The molecule has 0 saturated carbocycles. The molecule has 3 heterocycles. The first kappa shape index (κ1) is 21.5. The van der Waals surface area contributed by atoms with Crippen molar-refractivity contribution in [1.29, 1.82) is 0 Å². The van der Waals surface area contributed by atoms with Crippen molar-refractivity contribution in [2.24, 2.45) is 4.99 Å². The number of halogens is 1. The van der Waals surface area contributed by atoms with E-state index in [1.54, 1.807) is 30.5 Å². The fourth-order valence-corrected chi connectivity index (χ4v) is 6.00. The van der Waals surface area contributed by atoms with Crippen molar-refractivity contribution in [3.63, 3.8) is 0 Å². The highest BCUT2D eigenvalue weighted by molar-refractivity contribution is 9.10. The highest BCUT2D eigenvalue weighted by Gasteiger charge is 2.47. The molecule has 0 atom stereocenters. The normalized spacial score (nSPS) is 22.3. The number of amides is 1. The lowest BCUT2D eigenvalue weighted by atomic mass is 9.84. The van der Waals surface area contributed by atoms with Crippen molar-refractivity contribution in [3.8, 4) is 0 Å². The molecule has 0 spiro atoms. The summed E-state index contributed by atoms with van der Waals surface area (Å²) < 4.78 is 28.2. The summed E-state index contributed by atoms with van der Waals surface area (Å²) >= 11 is 3.33. The molecule has 3 aliphatic rings. The van der Waals surface area contributed by atoms with Crippen LogP contribution in [-0.2, 0) is 14.8 Å². The molecule has 0 unspecified atom stereocenters. The van der Waals surface area contributed by atoms with Crippen molar-refractivity contribution in [1.82, 2.24) is 19.4 Å². The van der Waals surface area contributed by atoms with Gasteiger partial charge in [-0.05, 0) is 56.3 Å². The Kier molecular flexibility index (Phi) is 6.29. The van der Waals surface area contributed by atoms with Gasteiger partial charge in [0.25, 0.3) is 0 Å². The van der Waals surface area contributed by atoms with E-state index in [9.17, 15) is 13.2 Å². The van der Waals surface area contributed by atoms with E-state index in [4.69, 9.17) is 0 Å². The van der Waals surface area contributed by atoms with Crippen LogP contribution in [0.25, 0.3) is 0 Å². The van der Waals surface area contributed by atoms with E-state index in [-0.39, 0.29) is 10.8 Å². The number of aliphatic imine (C=N–C) groups is 1. The number of nitrogens with zero attached hydrogens (tertiary/aromatic N) is 4. The van der Waals surface area contributed by atoms with E-state index in [1.807, 2.05) is 22.1 Å². The zero-order valence-corrected chi connectivity index (χ0v) is 19.1. The molecule has 3 aliphatic heterocycles. The predicted octanol–water partition coefficient (Wildman–Crippen LogP) is 1.26. The molecule has 0 aromatic heterocycles. The predicted molar refractivity (Wildman–Crippen MR) is 119 cm³/mol. The van der Waals surface area contributed by atoms with E-state index >= 15 is 0 Å². The second kappa shape index (κ2) is 8.78. The number of nitrogens with one attached hydrogen (secondary N) is 1. The van der Waals surface area contributed by atoms with Crippen molar-refractivity contribution in [3.05, 3.63) is 41.0 Å². The number of carbonyl (C=O) groups is 1. The molecule has 8 nitrogen and oxygen atoms in total. The number of piperazine rings is 1. The standard InChI is InChI=1S/C20H26BrN5O3S/c21-17-2-4-18(5-3-17)30(28,29)26-14-12-24(13-15-26)19(27)20(6-9-22-10-7-20)25-11-1-8-23-16-25/h1-5,8,11,22H,6-7,9-10,12-16H2. The van der Waals surface area contributed by atoms with Crippen LogP contribution in [0.3, 0.4) is 0 Å². The van der Waals surface area contributed by atoms with Gasteiger partial charge in [-0.3, -0.25) is 9.79 Å². The maximum absolute atomic E-state index is 13.6. The number of piperidine rings is 1. The lowest BCUT2D eigenvalue weighted by Gasteiger charge is -2.48. The van der Waals surface area contributed by atoms with E-state index in [2.05, 4.69) is 26.2 Å². The summed E-state index contributed by atoms with van der Waals surface area (Å²) in [7, 11) is -3.56. The fraction of sp³-hybridized carbons (Fsp3) is 0.500. The van der Waals surface area contributed by atoms with E-state index in [0.717, 1.165) is 17.6 Å². The Labute approximate surface area is 185 Å². The molecule has 4 rings (SSSR count). The maximum Gasteiger partial charge on any atom is 0.248 e. The maximum atomic E-state index is 13.6. The van der Waals surface area contributed by atoms with Gasteiger partial charge >= 0.3 is 0 Å². The monoisotopic (exact) mass is 495 g/mol. The molecule has 2 saturated heterocycles. The molecule has 0 bridgehead atoms. The number of hydrogen-bond acceptors (Lipinski definition) is 6. The van der Waals surface area contributed by atoms with Crippen molar-refractivity contribution >= 4 is 38.1 Å². The second-order valence-corrected chi connectivity index (χ2v) is 10.6.